The van der Waals surface area contributed by atoms with E-state index in [4.69, 9.17) is 0 Å². The van der Waals surface area contributed by atoms with Gasteiger partial charge in [0.15, 0.2) is 0 Å². The first-order valence-corrected chi connectivity index (χ1v) is 5.95. The van der Waals surface area contributed by atoms with Crippen LogP contribution in [0.1, 0.15) is 22.3 Å². The second-order valence-corrected chi connectivity index (χ2v) is 4.54. The lowest BCUT2D eigenvalue weighted by Crippen LogP contribution is -2.36. The number of nitro groups is 1. The van der Waals surface area contributed by atoms with Crippen molar-refractivity contribution in [3.63, 3.8) is 0 Å². The molecule has 1 atom stereocenters. The van der Waals surface area contributed by atoms with Crippen LogP contribution in [0, 0.1) is 22.9 Å². The molecule has 0 spiro atoms. The van der Waals surface area contributed by atoms with Crippen LogP contribution in [0.15, 0.2) is 12.1 Å². The molecule has 1 aromatic rings. The van der Waals surface area contributed by atoms with Gasteiger partial charge in [0.2, 0.25) is 0 Å². The smallest absolute Gasteiger partial charge is 0.270 e. The molecule has 0 aromatic heterocycles. The largest absolute Gasteiger partial charge is 0.348 e. The Bertz CT molecular complexity index is 527. The fourth-order valence-electron chi connectivity index (χ4n) is 2.06. The summed E-state index contributed by atoms with van der Waals surface area (Å²) in [6.07, 6.45) is 0.765. The van der Waals surface area contributed by atoms with Crippen LogP contribution in [0.3, 0.4) is 0 Å². The Balaban J connectivity index is 2.26. The van der Waals surface area contributed by atoms with E-state index in [9.17, 15) is 19.3 Å². The molecule has 0 aliphatic carbocycles. The van der Waals surface area contributed by atoms with Gasteiger partial charge in [-0.1, -0.05) is 0 Å². The van der Waals surface area contributed by atoms with Gasteiger partial charge in [0.25, 0.3) is 11.6 Å². The zero-order valence-electron chi connectivity index (χ0n) is 10.4. The molecule has 0 bridgehead atoms. The number of rotatable bonds is 3. The van der Waals surface area contributed by atoms with Gasteiger partial charge in [-0.2, -0.15) is 0 Å². The maximum atomic E-state index is 13.9. The van der Waals surface area contributed by atoms with Gasteiger partial charge < -0.3 is 10.6 Å². The summed E-state index contributed by atoms with van der Waals surface area (Å²) in [5.74, 6) is -1.33. The van der Waals surface area contributed by atoms with Gasteiger partial charge in [0.05, 0.1) is 10.5 Å². The summed E-state index contributed by atoms with van der Waals surface area (Å²) < 4.78 is 13.9. The molecule has 1 aliphatic heterocycles. The second-order valence-electron chi connectivity index (χ2n) is 4.54. The van der Waals surface area contributed by atoms with Crippen molar-refractivity contribution in [2.75, 3.05) is 13.1 Å². The van der Waals surface area contributed by atoms with E-state index in [1.165, 1.54) is 6.92 Å². The minimum Gasteiger partial charge on any atom is -0.348 e. The number of nitrogens with zero attached hydrogens (tertiary/aromatic N) is 1. The maximum Gasteiger partial charge on any atom is 0.270 e. The molecule has 2 N–H and O–H groups in total. The first-order chi connectivity index (χ1) is 8.99. The Kier molecular flexibility index (Phi) is 3.75. The lowest BCUT2D eigenvalue weighted by atomic mass is 10.1. The van der Waals surface area contributed by atoms with Crippen LogP contribution in [-0.4, -0.2) is 30.0 Å². The van der Waals surface area contributed by atoms with Crippen molar-refractivity contribution in [2.24, 2.45) is 0 Å². The highest BCUT2D eigenvalue weighted by Crippen LogP contribution is 2.21. The van der Waals surface area contributed by atoms with E-state index >= 15 is 0 Å². The standard InChI is InChI=1S/C12H14FN3O3/c1-7-4-9(16(18)19)5-10(11(7)13)12(17)15-8-2-3-14-6-8/h4-5,8,14H,2-3,6H2,1H3,(H,15,17)/t8-/m0/s1. The van der Waals surface area contributed by atoms with Crippen LogP contribution in [0.25, 0.3) is 0 Å². The molecule has 1 fully saturated rings. The number of carbonyl (C=O) groups excluding carboxylic acids is 1. The predicted octanol–water partition coefficient (Wildman–Crippen LogP) is 1.13. The number of hydrogen-bond donors (Lipinski definition) is 2. The summed E-state index contributed by atoms with van der Waals surface area (Å²) >= 11 is 0. The van der Waals surface area contributed by atoms with Crippen LogP contribution >= 0.6 is 0 Å². The fourth-order valence-corrected chi connectivity index (χ4v) is 2.06. The van der Waals surface area contributed by atoms with Crippen LogP contribution in [-0.2, 0) is 0 Å². The third-order valence-corrected chi connectivity index (χ3v) is 3.09. The summed E-state index contributed by atoms with van der Waals surface area (Å²) in [5.41, 5.74) is -0.476. The van der Waals surface area contributed by atoms with Crippen molar-refractivity contribution in [2.45, 2.75) is 19.4 Å². The van der Waals surface area contributed by atoms with Crippen molar-refractivity contribution in [1.29, 1.82) is 0 Å². The molecule has 6 nitrogen and oxygen atoms in total. The molecule has 1 amide bonds. The van der Waals surface area contributed by atoms with Gasteiger partial charge in [-0.25, -0.2) is 4.39 Å². The number of nitrogens with one attached hydrogen (secondary N) is 2. The van der Waals surface area contributed by atoms with Gasteiger partial charge >= 0.3 is 0 Å². The van der Waals surface area contributed by atoms with Crippen molar-refractivity contribution < 1.29 is 14.1 Å². The molecule has 0 unspecified atom stereocenters. The van der Waals surface area contributed by atoms with Gasteiger partial charge in [0, 0.05) is 24.7 Å². The quantitative estimate of drug-likeness (QED) is 0.635. The molecule has 1 saturated heterocycles. The van der Waals surface area contributed by atoms with E-state index in [1.54, 1.807) is 0 Å². The Hall–Kier alpha value is -2.02. The number of non-ortho nitro benzene ring substituents is 1. The number of benzene rings is 1. The van der Waals surface area contributed by atoms with E-state index in [0.717, 1.165) is 25.1 Å². The Morgan fingerprint density at radius 2 is 2.32 bits per heavy atom. The van der Waals surface area contributed by atoms with Gasteiger partial charge in [-0.15, -0.1) is 0 Å². The van der Waals surface area contributed by atoms with Crippen molar-refractivity contribution >= 4 is 11.6 Å². The van der Waals surface area contributed by atoms with Crippen LogP contribution in [0.2, 0.25) is 0 Å². The Morgan fingerprint density at radius 1 is 1.58 bits per heavy atom. The summed E-state index contributed by atoms with van der Waals surface area (Å²) in [5, 5.41) is 16.5. The molecular weight excluding hydrogens is 253 g/mol. The molecule has 1 heterocycles. The van der Waals surface area contributed by atoms with Crippen LogP contribution < -0.4 is 10.6 Å². The summed E-state index contributed by atoms with van der Waals surface area (Å²) in [7, 11) is 0. The SMILES string of the molecule is Cc1cc([N+](=O)[O-])cc(C(=O)N[C@H]2CCNC2)c1F. The number of halogens is 1. The third kappa shape index (κ3) is 2.87. The Morgan fingerprint density at radius 3 is 2.89 bits per heavy atom. The van der Waals surface area contributed by atoms with E-state index in [-0.39, 0.29) is 22.9 Å². The van der Waals surface area contributed by atoms with Crippen LogP contribution in [0.4, 0.5) is 10.1 Å². The second kappa shape index (κ2) is 5.31. The summed E-state index contributed by atoms with van der Waals surface area (Å²) in [6.45, 7) is 2.82. The molecule has 1 aromatic carbocycles. The first-order valence-electron chi connectivity index (χ1n) is 5.95. The van der Waals surface area contributed by atoms with E-state index in [2.05, 4.69) is 10.6 Å². The fraction of sp³-hybridized carbons (Fsp3) is 0.417. The molecular formula is C12H14FN3O3. The molecule has 102 valence electrons. The monoisotopic (exact) mass is 267 g/mol. The molecule has 0 saturated carbocycles. The first kappa shape index (κ1) is 13.4. The highest BCUT2D eigenvalue weighted by molar-refractivity contribution is 5.95. The maximum absolute atomic E-state index is 13.9. The number of aryl methyl sites for hydroxylation is 1. The summed E-state index contributed by atoms with van der Waals surface area (Å²) in [6, 6.07) is 2.02. The molecule has 0 radical (unpaired) electrons. The molecule has 19 heavy (non-hydrogen) atoms. The number of carbonyl (C=O) groups is 1. The lowest BCUT2D eigenvalue weighted by molar-refractivity contribution is -0.385. The van der Waals surface area contributed by atoms with Crippen molar-refractivity contribution in [1.82, 2.24) is 10.6 Å². The highest BCUT2D eigenvalue weighted by atomic mass is 19.1. The molecule has 2 rings (SSSR count). The lowest BCUT2D eigenvalue weighted by Gasteiger charge is -2.12. The minimum atomic E-state index is -0.714. The molecule has 1 aliphatic rings. The third-order valence-electron chi connectivity index (χ3n) is 3.09. The van der Waals surface area contributed by atoms with Crippen molar-refractivity contribution in [3.05, 3.63) is 39.2 Å². The zero-order chi connectivity index (χ0) is 14.0. The Labute approximate surface area is 109 Å². The predicted molar refractivity (Wildman–Crippen MR) is 66.5 cm³/mol. The van der Waals surface area contributed by atoms with Gasteiger partial charge in [-0.3, -0.25) is 14.9 Å². The van der Waals surface area contributed by atoms with Crippen molar-refractivity contribution in [3.8, 4) is 0 Å². The normalized spacial score (nSPS) is 18.3. The topological polar surface area (TPSA) is 84.3 Å². The van der Waals surface area contributed by atoms with Gasteiger partial charge in [-0.05, 0) is 25.5 Å². The average molecular weight is 267 g/mol. The number of amides is 1. The minimum absolute atomic E-state index is 0.0635. The molecule has 7 heteroatoms. The number of hydrogen-bond acceptors (Lipinski definition) is 4. The van der Waals surface area contributed by atoms with E-state index in [1.807, 2.05) is 0 Å². The highest BCUT2D eigenvalue weighted by Gasteiger charge is 2.23. The number of nitro benzene ring substituents is 1. The van der Waals surface area contributed by atoms with Gasteiger partial charge in [0.1, 0.15) is 5.82 Å². The van der Waals surface area contributed by atoms with Crippen LogP contribution in [0.5, 0.6) is 0 Å². The average Bonchev–Trinajstić information content (AvgIpc) is 2.84. The van der Waals surface area contributed by atoms with E-state index in [0.29, 0.717) is 6.54 Å². The van der Waals surface area contributed by atoms with E-state index < -0.39 is 16.6 Å². The zero-order valence-corrected chi connectivity index (χ0v) is 10.4. The summed E-state index contributed by atoms with van der Waals surface area (Å²) in [4.78, 5) is 22.0.